The number of rotatable bonds is 3. The van der Waals surface area contributed by atoms with E-state index in [0.29, 0.717) is 5.01 Å². The van der Waals surface area contributed by atoms with Crippen molar-refractivity contribution in [3.63, 3.8) is 0 Å². The molecule has 0 aromatic carbocycles. The van der Waals surface area contributed by atoms with Gasteiger partial charge in [-0.25, -0.2) is 14.8 Å². The van der Waals surface area contributed by atoms with Gasteiger partial charge in [-0.2, -0.15) is 0 Å². The highest BCUT2D eigenvalue weighted by molar-refractivity contribution is 7.14. The van der Waals surface area contributed by atoms with Gasteiger partial charge < -0.3 is 5.11 Å². The molecule has 0 aliphatic carbocycles. The first-order valence-electron chi connectivity index (χ1n) is 5.70. The van der Waals surface area contributed by atoms with Gasteiger partial charge in [0.1, 0.15) is 9.88 Å². The van der Waals surface area contributed by atoms with E-state index in [9.17, 15) is 4.79 Å². The van der Waals surface area contributed by atoms with Crippen LogP contribution in [-0.2, 0) is 5.41 Å². The molecule has 0 amide bonds. The van der Waals surface area contributed by atoms with Gasteiger partial charge in [0.2, 0.25) is 0 Å². The van der Waals surface area contributed by atoms with Crippen molar-refractivity contribution in [2.45, 2.75) is 26.2 Å². The van der Waals surface area contributed by atoms with Crippen LogP contribution in [0.5, 0.6) is 0 Å². The predicted molar refractivity (Wildman–Crippen MR) is 78.8 cm³/mol. The minimum absolute atomic E-state index is 0.0500. The Morgan fingerprint density at radius 3 is 2.47 bits per heavy atom. The normalized spacial score (nSPS) is 12.2. The summed E-state index contributed by atoms with van der Waals surface area (Å²) in [5.74, 6) is -0.940. The van der Waals surface area contributed by atoms with Crippen molar-refractivity contribution in [1.29, 1.82) is 0 Å². The molecule has 2 aromatic rings. The summed E-state index contributed by atoms with van der Waals surface area (Å²) in [6.07, 6.45) is 6.93. The second-order valence-electron chi connectivity index (χ2n) is 5.02. The third kappa shape index (κ3) is 3.48. The highest BCUT2D eigenvalue weighted by Gasteiger charge is 2.17. The first-order valence-corrected chi connectivity index (χ1v) is 7.33. The van der Waals surface area contributed by atoms with Crippen LogP contribution in [0, 0.1) is 0 Å². The molecule has 19 heavy (non-hydrogen) atoms. The fraction of sp³-hybridized carbons (Fsp3) is 0.308. The molecule has 2 rings (SSSR count). The van der Waals surface area contributed by atoms with Crippen LogP contribution >= 0.6 is 22.7 Å². The number of carboxylic acid groups (broad SMARTS) is 1. The molecule has 0 fully saturated rings. The highest BCUT2D eigenvalue weighted by Crippen LogP contribution is 2.28. The van der Waals surface area contributed by atoms with Gasteiger partial charge in [0.05, 0.1) is 11.2 Å². The molecule has 100 valence electrons. The Morgan fingerprint density at radius 2 is 1.95 bits per heavy atom. The molecule has 0 saturated carbocycles. The maximum atomic E-state index is 10.7. The average Bonchev–Trinajstić information content (AvgIpc) is 2.95. The molecule has 0 aliphatic rings. The minimum atomic E-state index is -0.940. The number of hydrogen-bond donors (Lipinski definition) is 1. The van der Waals surface area contributed by atoms with E-state index in [4.69, 9.17) is 5.11 Å². The van der Waals surface area contributed by atoms with Crippen molar-refractivity contribution in [2.24, 2.45) is 0 Å². The summed E-state index contributed by atoms with van der Waals surface area (Å²) >= 11 is 2.79. The standard InChI is InChI=1S/C13H14N2O2S2/c1-13(2,3)12-15-6-8(18-12)4-5-10-14-7-9(19-10)11(16)17/h4-7H,1-3H3,(H,16,17). The second kappa shape index (κ2) is 5.22. The SMILES string of the molecule is CC(C)(C)c1ncc(C=Cc2ncc(C(=O)O)s2)s1. The molecule has 0 unspecified atom stereocenters. The molecular weight excluding hydrogens is 280 g/mol. The molecule has 0 spiro atoms. The fourth-order valence-electron chi connectivity index (χ4n) is 1.33. The molecule has 6 heteroatoms. The van der Waals surface area contributed by atoms with Crippen LogP contribution in [0.3, 0.4) is 0 Å². The maximum absolute atomic E-state index is 10.7. The molecule has 0 atom stereocenters. The van der Waals surface area contributed by atoms with Crippen molar-refractivity contribution < 1.29 is 9.90 Å². The molecule has 1 N–H and O–H groups in total. The van der Waals surface area contributed by atoms with Crippen LogP contribution in [0.2, 0.25) is 0 Å². The summed E-state index contributed by atoms with van der Waals surface area (Å²) < 4.78 is 0. The first-order chi connectivity index (χ1) is 8.86. The van der Waals surface area contributed by atoms with Gasteiger partial charge >= 0.3 is 5.97 Å². The number of aromatic nitrogens is 2. The molecular formula is C13H14N2O2S2. The maximum Gasteiger partial charge on any atom is 0.347 e. The lowest BCUT2D eigenvalue weighted by Gasteiger charge is -2.13. The van der Waals surface area contributed by atoms with E-state index in [0.717, 1.165) is 21.2 Å². The molecule has 0 bridgehead atoms. The zero-order valence-electron chi connectivity index (χ0n) is 10.9. The van der Waals surface area contributed by atoms with Crippen LogP contribution in [-0.4, -0.2) is 21.0 Å². The Kier molecular flexibility index (Phi) is 3.82. The van der Waals surface area contributed by atoms with Crippen LogP contribution < -0.4 is 0 Å². The van der Waals surface area contributed by atoms with Crippen LogP contribution in [0.15, 0.2) is 12.4 Å². The Hall–Kier alpha value is -1.53. The largest absolute Gasteiger partial charge is 0.477 e. The number of carboxylic acids is 1. The summed E-state index contributed by atoms with van der Waals surface area (Å²) in [6, 6.07) is 0. The molecule has 2 aromatic heterocycles. The van der Waals surface area contributed by atoms with E-state index < -0.39 is 5.97 Å². The average molecular weight is 294 g/mol. The van der Waals surface area contributed by atoms with Gasteiger partial charge in [-0.3, -0.25) is 0 Å². The number of aromatic carboxylic acids is 1. The lowest BCUT2D eigenvalue weighted by Crippen LogP contribution is -2.09. The third-order valence-electron chi connectivity index (χ3n) is 2.29. The van der Waals surface area contributed by atoms with E-state index in [2.05, 4.69) is 30.7 Å². The Bertz CT molecular complexity index is 621. The number of hydrogen-bond acceptors (Lipinski definition) is 5. The molecule has 0 saturated heterocycles. The van der Waals surface area contributed by atoms with E-state index in [1.807, 2.05) is 18.3 Å². The smallest absolute Gasteiger partial charge is 0.347 e. The number of nitrogens with zero attached hydrogens (tertiary/aromatic N) is 2. The molecule has 2 heterocycles. The van der Waals surface area contributed by atoms with Crippen LogP contribution in [0.4, 0.5) is 0 Å². The van der Waals surface area contributed by atoms with Gasteiger partial charge in [0, 0.05) is 16.5 Å². The summed E-state index contributed by atoms with van der Waals surface area (Å²) in [7, 11) is 0. The molecule has 4 nitrogen and oxygen atoms in total. The summed E-state index contributed by atoms with van der Waals surface area (Å²) in [5, 5.41) is 10.6. The van der Waals surface area contributed by atoms with Crippen LogP contribution in [0.25, 0.3) is 12.2 Å². The van der Waals surface area contributed by atoms with Crippen molar-refractivity contribution in [1.82, 2.24) is 9.97 Å². The highest BCUT2D eigenvalue weighted by atomic mass is 32.1. The third-order valence-corrected chi connectivity index (χ3v) is 4.63. The zero-order chi connectivity index (χ0) is 14.0. The van der Waals surface area contributed by atoms with Gasteiger partial charge in [-0.1, -0.05) is 20.8 Å². The quantitative estimate of drug-likeness (QED) is 0.936. The second-order valence-corrected chi connectivity index (χ2v) is 7.14. The topological polar surface area (TPSA) is 63.1 Å². The van der Waals surface area contributed by atoms with Crippen molar-refractivity contribution >= 4 is 40.8 Å². The number of carbonyl (C=O) groups is 1. The Labute approximate surface area is 119 Å². The predicted octanol–water partition coefficient (Wildman–Crippen LogP) is 3.77. The van der Waals surface area contributed by atoms with Gasteiger partial charge in [0.25, 0.3) is 0 Å². The molecule has 0 radical (unpaired) electrons. The fourth-order valence-corrected chi connectivity index (χ4v) is 2.86. The van der Waals surface area contributed by atoms with Crippen LogP contribution in [0.1, 0.15) is 45.3 Å². The van der Waals surface area contributed by atoms with Gasteiger partial charge in [0.15, 0.2) is 0 Å². The monoisotopic (exact) mass is 294 g/mol. The van der Waals surface area contributed by atoms with E-state index in [-0.39, 0.29) is 10.3 Å². The molecule has 0 aliphatic heterocycles. The van der Waals surface area contributed by atoms with Crippen molar-refractivity contribution in [3.8, 4) is 0 Å². The van der Waals surface area contributed by atoms with Gasteiger partial charge in [-0.15, -0.1) is 22.7 Å². The summed E-state index contributed by atoms with van der Waals surface area (Å²) in [5.41, 5.74) is 0.0500. The van der Waals surface area contributed by atoms with Crippen molar-refractivity contribution in [3.05, 3.63) is 32.2 Å². The Balaban J connectivity index is 2.14. The minimum Gasteiger partial charge on any atom is -0.477 e. The van der Waals surface area contributed by atoms with E-state index >= 15 is 0 Å². The van der Waals surface area contributed by atoms with Crippen molar-refractivity contribution in [2.75, 3.05) is 0 Å². The van der Waals surface area contributed by atoms with E-state index in [1.54, 1.807) is 11.3 Å². The summed E-state index contributed by atoms with van der Waals surface area (Å²) in [6.45, 7) is 6.37. The van der Waals surface area contributed by atoms with Gasteiger partial charge in [-0.05, 0) is 12.2 Å². The lowest BCUT2D eigenvalue weighted by atomic mass is 9.98. The lowest BCUT2D eigenvalue weighted by molar-refractivity contribution is 0.0702. The first kappa shape index (κ1) is 13.9. The number of thiazole rings is 2. The Morgan fingerprint density at radius 1 is 1.21 bits per heavy atom. The van der Waals surface area contributed by atoms with E-state index in [1.165, 1.54) is 6.20 Å². The summed E-state index contributed by atoms with van der Waals surface area (Å²) in [4.78, 5) is 20.5. The zero-order valence-corrected chi connectivity index (χ0v) is 12.5.